The van der Waals surface area contributed by atoms with Gasteiger partial charge in [-0.2, -0.15) is 11.8 Å². The Hall–Kier alpha value is -0.220. The Labute approximate surface area is 115 Å². The number of carbonyl (C=O) groups is 1. The van der Waals surface area contributed by atoms with Crippen LogP contribution in [0.3, 0.4) is 0 Å². The van der Waals surface area contributed by atoms with E-state index in [1.807, 2.05) is 6.26 Å². The first kappa shape index (κ1) is 15.8. The summed E-state index contributed by atoms with van der Waals surface area (Å²) in [5.74, 6) is 1.30. The van der Waals surface area contributed by atoms with E-state index >= 15 is 0 Å². The van der Waals surface area contributed by atoms with Crippen LogP contribution in [0.5, 0.6) is 0 Å². The van der Waals surface area contributed by atoms with Gasteiger partial charge in [-0.3, -0.25) is 4.79 Å². The van der Waals surface area contributed by atoms with E-state index in [9.17, 15) is 9.90 Å². The van der Waals surface area contributed by atoms with Crippen LogP contribution < -0.4 is 5.32 Å². The van der Waals surface area contributed by atoms with Crippen molar-refractivity contribution in [3.05, 3.63) is 0 Å². The summed E-state index contributed by atoms with van der Waals surface area (Å²) in [5.41, 5.74) is -0.793. The van der Waals surface area contributed by atoms with Crippen molar-refractivity contribution < 1.29 is 9.90 Å². The van der Waals surface area contributed by atoms with Gasteiger partial charge in [-0.1, -0.05) is 25.7 Å². The largest absolute Gasteiger partial charge is 0.387 e. The third kappa shape index (κ3) is 6.64. The molecule has 106 valence electrons. The van der Waals surface area contributed by atoms with Crippen molar-refractivity contribution >= 4 is 17.7 Å². The number of amides is 1. The number of hydrogen-bond acceptors (Lipinski definition) is 3. The van der Waals surface area contributed by atoms with Gasteiger partial charge in [0.15, 0.2) is 0 Å². The molecule has 0 aromatic carbocycles. The highest BCUT2D eigenvalue weighted by Crippen LogP contribution is 2.25. The van der Waals surface area contributed by atoms with E-state index in [0.717, 1.165) is 0 Å². The van der Waals surface area contributed by atoms with E-state index in [0.29, 0.717) is 24.6 Å². The first-order chi connectivity index (χ1) is 8.53. The lowest BCUT2D eigenvalue weighted by Gasteiger charge is -2.23. The maximum Gasteiger partial charge on any atom is 0.220 e. The zero-order valence-corrected chi connectivity index (χ0v) is 12.5. The summed E-state index contributed by atoms with van der Waals surface area (Å²) in [6.45, 7) is 2.13. The third-order valence-corrected chi connectivity index (χ3v) is 4.48. The Kier molecular flexibility index (Phi) is 7.08. The van der Waals surface area contributed by atoms with Crippen molar-refractivity contribution in [3.8, 4) is 0 Å². The fourth-order valence-electron chi connectivity index (χ4n) is 2.55. The minimum atomic E-state index is -0.793. The van der Waals surface area contributed by atoms with Gasteiger partial charge in [-0.15, -0.1) is 0 Å². The normalized spacial score (nSPS) is 21.1. The minimum Gasteiger partial charge on any atom is -0.387 e. The lowest BCUT2D eigenvalue weighted by atomic mass is 9.96. The summed E-state index contributed by atoms with van der Waals surface area (Å²) in [6, 6.07) is 0. The van der Waals surface area contributed by atoms with Gasteiger partial charge < -0.3 is 10.4 Å². The molecular formula is C14H27NO2S. The van der Waals surface area contributed by atoms with Gasteiger partial charge in [0.2, 0.25) is 5.91 Å². The molecule has 0 radical (unpaired) electrons. The van der Waals surface area contributed by atoms with Crippen LogP contribution >= 0.6 is 11.8 Å². The predicted octanol–water partition coefficient (Wildman–Crippen LogP) is 2.58. The average molecular weight is 273 g/mol. The van der Waals surface area contributed by atoms with E-state index in [1.54, 1.807) is 18.7 Å². The van der Waals surface area contributed by atoms with Gasteiger partial charge in [-0.05, 0) is 31.9 Å². The summed E-state index contributed by atoms with van der Waals surface area (Å²) in [4.78, 5) is 11.8. The molecule has 18 heavy (non-hydrogen) atoms. The van der Waals surface area contributed by atoms with Crippen molar-refractivity contribution in [1.82, 2.24) is 5.32 Å². The SMILES string of the molecule is CSCC(C)(O)CNC(=O)CC1CCCCCC1. The summed E-state index contributed by atoms with van der Waals surface area (Å²) in [5, 5.41) is 12.9. The molecule has 0 heterocycles. The second kappa shape index (κ2) is 8.05. The van der Waals surface area contributed by atoms with Crippen molar-refractivity contribution in [1.29, 1.82) is 0 Å². The molecule has 0 spiro atoms. The predicted molar refractivity (Wildman–Crippen MR) is 77.8 cm³/mol. The van der Waals surface area contributed by atoms with Gasteiger partial charge in [0.25, 0.3) is 0 Å². The average Bonchev–Trinajstić information content (AvgIpc) is 2.55. The zero-order chi connectivity index (χ0) is 13.4. The highest BCUT2D eigenvalue weighted by Gasteiger charge is 2.22. The first-order valence-electron chi connectivity index (χ1n) is 7.01. The molecule has 1 rings (SSSR count). The Bertz CT molecular complexity index is 248. The molecule has 1 aliphatic carbocycles. The van der Waals surface area contributed by atoms with Crippen LogP contribution in [0.15, 0.2) is 0 Å². The molecular weight excluding hydrogens is 246 g/mol. The number of nitrogens with one attached hydrogen (secondary N) is 1. The summed E-state index contributed by atoms with van der Waals surface area (Å²) in [6.07, 6.45) is 10.1. The molecule has 1 saturated carbocycles. The fourth-order valence-corrected chi connectivity index (χ4v) is 3.28. The van der Waals surface area contributed by atoms with E-state index in [4.69, 9.17) is 0 Å². The maximum absolute atomic E-state index is 11.8. The highest BCUT2D eigenvalue weighted by atomic mass is 32.2. The molecule has 4 heteroatoms. The van der Waals surface area contributed by atoms with Crippen molar-refractivity contribution in [3.63, 3.8) is 0 Å². The topological polar surface area (TPSA) is 49.3 Å². The molecule has 2 N–H and O–H groups in total. The molecule has 3 nitrogen and oxygen atoms in total. The summed E-state index contributed by atoms with van der Waals surface area (Å²) in [7, 11) is 0. The van der Waals surface area contributed by atoms with Crippen LogP contribution in [0.2, 0.25) is 0 Å². The molecule has 0 bridgehead atoms. The monoisotopic (exact) mass is 273 g/mol. The first-order valence-corrected chi connectivity index (χ1v) is 8.41. The molecule has 1 unspecified atom stereocenters. The Balaban J connectivity index is 2.24. The summed E-state index contributed by atoms with van der Waals surface area (Å²) < 4.78 is 0. The molecule has 1 amide bonds. The Morgan fingerprint density at radius 3 is 2.50 bits per heavy atom. The molecule has 0 saturated heterocycles. The lowest BCUT2D eigenvalue weighted by Crippen LogP contribution is -2.42. The van der Waals surface area contributed by atoms with Gasteiger partial charge in [-0.25, -0.2) is 0 Å². The Morgan fingerprint density at radius 2 is 1.94 bits per heavy atom. The second-order valence-electron chi connectivity index (χ2n) is 5.77. The van der Waals surface area contributed by atoms with Crippen LogP contribution in [0.25, 0.3) is 0 Å². The molecule has 0 aromatic rings. The number of hydrogen-bond donors (Lipinski definition) is 2. The number of rotatable bonds is 6. The van der Waals surface area contributed by atoms with Crippen LogP contribution in [-0.2, 0) is 4.79 Å². The Morgan fingerprint density at radius 1 is 1.33 bits per heavy atom. The van der Waals surface area contributed by atoms with E-state index < -0.39 is 5.60 Å². The molecule has 0 aliphatic heterocycles. The number of thioether (sulfide) groups is 1. The molecule has 1 fully saturated rings. The van der Waals surface area contributed by atoms with Gasteiger partial charge >= 0.3 is 0 Å². The third-order valence-electron chi connectivity index (χ3n) is 3.57. The van der Waals surface area contributed by atoms with Crippen molar-refractivity contribution in [2.75, 3.05) is 18.6 Å². The van der Waals surface area contributed by atoms with Crippen molar-refractivity contribution in [2.24, 2.45) is 5.92 Å². The standard InChI is InChI=1S/C14H27NO2S/c1-14(17,11-18-2)10-15-13(16)9-12-7-5-3-4-6-8-12/h12,17H,3-11H2,1-2H3,(H,15,16). The smallest absolute Gasteiger partial charge is 0.220 e. The quantitative estimate of drug-likeness (QED) is 0.731. The van der Waals surface area contributed by atoms with E-state index in [2.05, 4.69) is 5.32 Å². The molecule has 0 aromatic heterocycles. The molecule has 1 aliphatic rings. The zero-order valence-electron chi connectivity index (χ0n) is 11.7. The fraction of sp³-hybridized carbons (Fsp3) is 0.929. The van der Waals surface area contributed by atoms with E-state index in [1.165, 1.54) is 38.5 Å². The van der Waals surface area contributed by atoms with Crippen LogP contribution in [0.4, 0.5) is 0 Å². The van der Waals surface area contributed by atoms with Gasteiger partial charge in [0.05, 0.1) is 5.60 Å². The number of carbonyl (C=O) groups excluding carboxylic acids is 1. The maximum atomic E-state index is 11.8. The van der Waals surface area contributed by atoms with Gasteiger partial charge in [0, 0.05) is 18.7 Å². The molecule has 1 atom stereocenters. The van der Waals surface area contributed by atoms with Crippen LogP contribution in [-0.4, -0.2) is 35.2 Å². The summed E-state index contributed by atoms with van der Waals surface area (Å²) >= 11 is 1.60. The second-order valence-corrected chi connectivity index (χ2v) is 6.63. The highest BCUT2D eigenvalue weighted by molar-refractivity contribution is 7.98. The lowest BCUT2D eigenvalue weighted by molar-refractivity contribution is -0.123. The van der Waals surface area contributed by atoms with Crippen LogP contribution in [0, 0.1) is 5.92 Å². The van der Waals surface area contributed by atoms with Crippen LogP contribution in [0.1, 0.15) is 51.9 Å². The number of aliphatic hydroxyl groups is 1. The van der Waals surface area contributed by atoms with Gasteiger partial charge in [0.1, 0.15) is 0 Å². The minimum absolute atomic E-state index is 0.100. The van der Waals surface area contributed by atoms with E-state index in [-0.39, 0.29) is 5.91 Å². The van der Waals surface area contributed by atoms with Crippen molar-refractivity contribution in [2.45, 2.75) is 57.5 Å².